The molecule has 0 spiro atoms. The first-order valence-corrected chi connectivity index (χ1v) is 5.86. The number of amides is 1. The minimum Gasteiger partial charge on any atom is -0.378 e. The molecule has 0 saturated carbocycles. The summed E-state index contributed by atoms with van der Waals surface area (Å²) in [5.74, 6) is 0.264. The number of carbonyl (C=O) groups is 1. The number of likely N-dealkylation sites (tertiary alicyclic amines) is 1. The minimum absolute atomic E-state index is 0.186. The number of ether oxygens (including phenoxy) is 1. The zero-order valence-corrected chi connectivity index (χ0v) is 9.37. The summed E-state index contributed by atoms with van der Waals surface area (Å²) in [7, 11) is 1.96. The third kappa shape index (κ3) is 2.69. The minimum atomic E-state index is 0.186. The fourth-order valence-electron chi connectivity index (χ4n) is 2.35. The van der Waals surface area contributed by atoms with Gasteiger partial charge < -0.3 is 15.0 Å². The highest BCUT2D eigenvalue weighted by Gasteiger charge is 2.27. The van der Waals surface area contributed by atoms with E-state index in [2.05, 4.69) is 5.32 Å². The molecule has 4 nitrogen and oxygen atoms in total. The number of rotatable bonds is 3. The third-order valence-electron chi connectivity index (χ3n) is 3.38. The summed E-state index contributed by atoms with van der Waals surface area (Å²) >= 11 is 0. The van der Waals surface area contributed by atoms with Gasteiger partial charge >= 0.3 is 0 Å². The van der Waals surface area contributed by atoms with Crippen LogP contribution in [0.5, 0.6) is 0 Å². The van der Waals surface area contributed by atoms with Crippen molar-refractivity contribution in [2.45, 2.75) is 37.8 Å². The van der Waals surface area contributed by atoms with Crippen LogP contribution >= 0.6 is 0 Å². The fraction of sp³-hybridized carbons (Fsp3) is 0.909. The van der Waals surface area contributed by atoms with Crippen molar-refractivity contribution in [2.75, 3.05) is 26.7 Å². The van der Waals surface area contributed by atoms with Crippen molar-refractivity contribution in [1.29, 1.82) is 0 Å². The Hall–Kier alpha value is -0.610. The highest BCUT2D eigenvalue weighted by molar-refractivity contribution is 5.77. The third-order valence-corrected chi connectivity index (χ3v) is 3.38. The van der Waals surface area contributed by atoms with E-state index in [1.165, 1.54) is 0 Å². The Morgan fingerprint density at radius 1 is 1.53 bits per heavy atom. The molecule has 2 saturated heterocycles. The van der Waals surface area contributed by atoms with Crippen LogP contribution in [0.1, 0.15) is 25.7 Å². The molecule has 1 N–H and O–H groups in total. The van der Waals surface area contributed by atoms with E-state index >= 15 is 0 Å². The molecule has 2 fully saturated rings. The number of likely N-dealkylation sites (N-methyl/N-ethyl adjacent to an activating group) is 1. The Balaban J connectivity index is 1.76. The number of hydrogen-bond donors (Lipinski definition) is 1. The molecule has 2 rings (SSSR count). The van der Waals surface area contributed by atoms with E-state index in [0.29, 0.717) is 12.5 Å². The van der Waals surface area contributed by atoms with E-state index in [9.17, 15) is 4.79 Å². The van der Waals surface area contributed by atoms with Gasteiger partial charge in [0, 0.05) is 25.7 Å². The molecule has 0 aromatic heterocycles. The molecule has 15 heavy (non-hydrogen) atoms. The largest absolute Gasteiger partial charge is 0.378 e. The molecule has 0 aromatic rings. The Morgan fingerprint density at radius 2 is 2.40 bits per heavy atom. The van der Waals surface area contributed by atoms with Crippen molar-refractivity contribution >= 4 is 5.91 Å². The maximum absolute atomic E-state index is 11.9. The normalized spacial score (nSPS) is 31.1. The first-order valence-electron chi connectivity index (χ1n) is 5.86. The maximum atomic E-state index is 11.9. The zero-order chi connectivity index (χ0) is 10.7. The molecule has 0 radical (unpaired) electrons. The van der Waals surface area contributed by atoms with Gasteiger partial charge in [-0.3, -0.25) is 4.79 Å². The molecular weight excluding hydrogens is 192 g/mol. The van der Waals surface area contributed by atoms with Gasteiger partial charge in [0.1, 0.15) is 0 Å². The topological polar surface area (TPSA) is 41.6 Å². The quantitative estimate of drug-likeness (QED) is 0.735. The summed E-state index contributed by atoms with van der Waals surface area (Å²) in [5, 5.41) is 3.22. The van der Waals surface area contributed by atoms with E-state index in [4.69, 9.17) is 4.74 Å². The lowest BCUT2D eigenvalue weighted by Crippen LogP contribution is -2.34. The Morgan fingerprint density at radius 3 is 3.00 bits per heavy atom. The van der Waals surface area contributed by atoms with Crippen LogP contribution in [0.2, 0.25) is 0 Å². The molecule has 2 unspecified atom stereocenters. The van der Waals surface area contributed by atoms with E-state index in [1.54, 1.807) is 0 Å². The van der Waals surface area contributed by atoms with Gasteiger partial charge in [-0.05, 0) is 26.3 Å². The second kappa shape index (κ2) is 4.94. The van der Waals surface area contributed by atoms with Crippen molar-refractivity contribution < 1.29 is 9.53 Å². The van der Waals surface area contributed by atoms with Crippen LogP contribution in [-0.2, 0) is 9.53 Å². The van der Waals surface area contributed by atoms with Gasteiger partial charge in [-0.15, -0.1) is 0 Å². The maximum Gasteiger partial charge on any atom is 0.225 e. The van der Waals surface area contributed by atoms with Crippen LogP contribution in [0.4, 0.5) is 0 Å². The van der Waals surface area contributed by atoms with Crippen LogP contribution in [0, 0.1) is 0 Å². The van der Waals surface area contributed by atoms with Crippen LogP contribution < -0.4 is 5.32 Å². The first-order chi connectivity index (χ1) is 7.29. The molecule has 1 amide bonds. The Bertz CT molecular complexity index is 227. The van der Waals surface area contributed by atoms with Gasteiger partial charge in [0.15, 0.2) is 0 Å². The Kier molecular flexibility index (Phi) is 3.59. The average molecular weight is 212 g/mol. The van der Waals surface area contributed by atoms with Crippen molar-refractivity contribution in [3.8, 4) is 0 Å². The summed E-state index contributed by atoms with van der Waals surface area (Å²) in [4.78, 5) is 13.8. The predicted molar refractivity (Wildman–Crippen MR) is 57.6 cm³/mol. The average Bonchev–Trinajstić information content (AvgIpc) is 2.86. The van der Waals surface area contributed by atoms with E-state index in [0.717, 1.165) is 39.0 Å². The van der Waals surface area contributed by atoms with Gasteiger partial charge in [0.25, 0.3) is 0 Å². The van der Waals surface area contributed by atoms with Crippen LogP contribution in [0.3, 0.4) is 0 Å². The van der Waals surface area contributed by atoms with E-state index in [-0.39, 0.29) is 12.0 Å². The Labute approximate surface area is 91.0 Å². The van der Waals surface area contributed by atoms with Gasteiger partial charge in [-0.1, -0.05) is 0 Å². The number of nitrogens with one attached hydrogen (secondary N) is 1. The molecule has 4 heteroatoms. The van der Waals surface area contributed by atoms with Crippen molar-refractivity contribution in [2.24, 2.45) is 0 Å². The number of carbonyl (C=O) groups excluding carboxylic acids is 1. The summed E-state index contributed by atoms with van der Waals surface area (Å²) < 4.78 is 5.47. The van der Waals surface area contributed by atoms with Crippen LogP contribution in [0.25, 0.3) is 0 Å². The lowest BCUT2D eigenvalue weighted by Gasteiger charge is -2.18. The summed E-state index contributed by atoms with van der Waals surface area (Å²) in [5.41, 5.74) is 0. The number of hydrogen-bond acceptors (Lipinski definition) is 3. The molecule has 86 valence electrons. The number of nitrogens with zero attached hydrogens (tertiary/aromatic N) is 1. The van der Waals surface area contributed by atoms with Gasteiger partial charge in [-0.2, -0.15) is 0 Å². The van der Waals surface area contributed by atoms with Crippen molar-refractivity contribution in [3.63, 3.8) is 0 Å². The molecule has 2 atom stereocenters. The first kappa shape index (κ1) is 10.9. The SMILES string of the molecule is CNC1CCN(C(=O)CC2CCCO2)C1. The van der Waals surface area contributed by atoms with Gasteiger partial charge in [0.05, 0.1) is 12.5 Å². The molecular formula is C11H20N2O2. The van der Waals surface area contributed by atoms with Crippen molar-refractivity contribution in [1.82, 2.24) is 10.2 Å². The summed E-state index contributed by atoms with van der Waals surface area (Å²) in [6, 6.07) is 0.485. The molecule has 0 aromatic carbocycles. The fourth-order valence-corrected chi connectivity index (χ4v) is 2.35. The van der Waals surface area contributed by atoms with E-state index < -0.39 is 0 Å². The highest BCUT2D eigenvalue weighted by atomic mass is 16.5. The predicted octanol–water partition coefficient (Wildman–Crippen LogP) is 0.376. The monoisotopic (exact) mass is 212 g/mol. The molecule has 2 heterocycles. The molecule has 2 aliphatic heterocycles. The molecule has 0 aliphatic carbocycles. The van der Waals surface area contributed by atoms with E-state index in [1.807, 2.05) is 11.9 Å². The smallest absolute Gasteiger partial charge is 0.225 e. The second-order valence-corrected chi connectivity index (χ2v) is 4.45. The summed E-state index contributed by atoms with van der Waals surface area (Å²) in [6.45, 7) is 2.59. The highest BCUT2D eigenvalue weighted by Crippen LogP contribution is 2.18. The molecule has 0 bridgehead atoms. The standard InChI is InChI=1S/C11H20N2O2/c1-12-9-4-5-13(8-9)11(14)7-10-3-2-6-15-10/h9-10,12H,2-8H2,1H3. The van der Waals surface area contributed by atoms with Crippen LogP contribution in [0.15, 0.2) is 0 Å². The van der Waals surface area contributed by atoms with Crippen molar-refractivity contribution in [3.05, 3.63) is 0 Å². The lowest BCUT2D eigenvalue weighted by atomic mass is 10.1. The van der Waals surface area contributed by atoms with Gasteiger partial charge in [-0.25, -0.2) is 0 Å². The second-order valence-electron chi connectivity index (χ2n) is 4.45. The van der Waals surface area contributed by atoms with Crippen LogP contribution in [-0.4, -0.2) is 49.7 Å². The van der Waals surface area contributed by atoms with Gasteiger partial charge in [0.2, 0.25) is 5.91 Å². The zero-order valence-electron chi connectivity index (χ0n) is 9.37. The molecule has 2 aliphatic rings. The lowest BCUT2D eigenvalue weighted by molar-refractivity contribution is -0.132. The summed E-state index contributed by atoms with van der Waals surface area (Å²) in [6.07, 6.45) is 4.00.